The molecule has 2 heterocycles. The van der Waals surface area contributed by atoms with Gasteiger partial charge < -0.3 is 4.42 Å². The molecule has 0 spiro atoms. The van der Waals surface area contributed by atoms with E-state index in [4.69, 9.17) is 9.40 Å². The Morgan fingerprint density at radius 1 is 0.291 bits per heavy atom. The van der Waals surface area contributed by atoms with Crippen molar-refractivity contribution >= 4 is 54.3 Å². The van der Waals surface area contributed by atoms with Crippen LogP contribution in [0.15, 0.2) is 205 Å². The maximum Gasteiger partial charge on any atom is 0.136 e. The molecule has 0 unspecified atom stereocenters. The Balaban J connectivity index is 1.07. The zero-order chi connectivity index (χ0) is 36.3. The molecule has 0 bridgehead atoms. The minimum atomic E-state index is 0.883. The van der Waals surface area contributed by atoms with E-state index in [0.29, 0.717) is 0 Å². The van der Waals surface area contributed by atoms with Gasteiger partial charge in [0.2, 0.25) is 0 Å². The van der Waals surface area contributed by atoms with Crippen molar-refractivity contribution in [1.82, 2.24) is 4.98 Å². The topological polar surface area (TPSA) is 26.0 Å². The summed E-state index contributed by atoms with van der Waals surface area (Å²) in [5.74, 6) is 0. The van der Waals surface area contributed by atoms with Crippen LogP contribution in [0.5, 0.6) is 0 Å². The summed E-state index contributed by atoms with van der Waals surface area (Å²) >= 11 is 0. The molecule has 0 fully saturated rings. The van der Waals surface area contributed by atoms with Crippen molar-refractivity contribution in [3.63, 3.8) is 0 Å². The number of aromatic nitrogens is 1. The predicted octanol–water partition coefficient (Wildman–Crippen LogP) is 14.8. The van der Waals surface area contributed by atoms with Gasteiger partial charge in [0.1, 0.15) is 11.2 Å². The predicted molar refractivity (Wildman–Crippen MR) is 231 cm³/mol. The fraction of sp³-hybridized carbons (Fsp3) is 0. The van der Waals surface area contributed by atoms with Crippen LogP contribution in [0.1, 0.15) is 0 Å². The smallest absolute Gasteiger partial charge is 0.136 e. The van der Waals surface area contributed by atoms with Crippen molar-refractivity contribution in [2.24, 2.45) is 0 Å². The van der Waals surface area contributed by atoms with Crippen LogP contribution in [0, 0.1) is 0 Å². The molecule has 256 valence electrons. The Bertz CT molecular complexity index is 3220. The third-order valence-electron chi connectivity index (χ3n) is 11.1. The highest BCUT2D eigenvalue weighted by atomic mass is 16.3. The van der Waals surface area contributed by atoms with Gasteiger partial charge in [-0.25, -0.2) is 0 Å². The van der Waals surface area contributed by atoms with Gasteiger partial charge in [0.15, 0.2) is 0 Å². The normalized spacial score (nSPS) is 11.6. The van der Waals surface area contributed by atoms with Crippen LogP contribution >= 0.6 is 0 Å². The molecule has 0 amide bonds. The minimum absolute atomic E-state index is 0.883. The summed E-state index contributed by atoms with van der Waals surface area (Å²) in [6, 6.07) is 69.6. The van der Waals surface area contributed by atoms with Gasteiger partial charge >= 0.3 is 0 Å². The minimum Gasteiger partial charge on any atom is -0.456 e. The first-order valence-electron chi connectivity index (χ1n) is 18.8. The molecule has 11 rings (SSSR count). The Kier molecular flexibility index (Phi) is 7.21. The second-order valence-electron chi connectivity index (χ2n) is 14.3. The highest BCUT2D eigenvalue weighted by molar-refractivity contribution is 6.22. The molecular weight excluding hydrogens is 667 g/mol. The van der Waals surface area contributed by atoms with Crippen LogP contribution in [0.3, 0.4) is 0 Å². The van der Waals surface area contributed by atoms with Gasteiger partial charge in [0.05, 0.1) is 5.69 Å². The van der Waals surface area contributed by atoms with Gasteiger partial charge in [-0.3, -0.25) is 4.98 Å². The van der Waals surface area contributed by atoms with Crippen LogP contribution in [0.2, 0.25) is 0 Å². The van der Waals surface area contributed by atoms with Crippen molar-refractivity contribution in [2.75, 3.05) is 0 Å². The first-order valence-corrected chi connectivity index (χ1v) is 18.8. The van der Waals surface area contributed by atoms with Crippen molar-refractivity contribution in [1.29, 1.82) is 0 Å². The third-order valence-corrected chi connectivity index (χ3v) is 11.1. The van der Waals surface area contributed by atoms with E-state index in [1.807, 2.05) is 6.20 Å². The number of hydrogen-bond donors (Lipinski definition) is 0. The zero-order valence-corrected chi connectivity index (χ0v) is 29.9. The molecule has 0 aliphatic heterocycles. The summed E-state index contributed by atoms with van der Waals surface area (Å²) in [7, 11) is 0. The molecule has 0 N–H and O–H groups in total. The number of furan rings is 1. The SMILES string of the molecule is c1ccc(-c2ccc(-c3c4ccccc4c(-c4ccc(-c5ccc6oc7cc8ccccc8cc7c6c5)nc4)c4ccc(-c5ccccc5)cc34)cc2)cc1. The molecule has 0 radical (unpaired) electrons. The number of rotatable bonds is 5. The van der Waals surface area contributed by atoms with E-state index in [9.17, 15) is 0 Å². The molecule has 0 aliphatic rings. The molecule has 11 aromatic rings. The number of fused-ring (bicyclic) bond motifs is 6. The van der Waals surface area contributed by atoms with Gasteiger partial charge in [0, 0.05) is 28.1 Å². The molecule has 2 aromatic heterocycles. The van der Waals surface area contributed by atoms with E-state index in [-0.39, 0.29) is 0 Å². The zero-order valence-electron chi connectivity index (χ0n) is 29.9. The molecule has 2 heteroatoms. The summed E-state index contributed by atoms with van der Waals surface area (Å²) in [5, 5.41) is 9.45. The van der Waals surface area contributed by atoms with Crippen LogP contribution in [0.25, 0.3) is 110 Å². The van der Waals surface area contributed by atoms with Gasteiger partial charge in [-0.15, -0.1) is 0 Å². The summed E-state index contributed by atoms with van der Waals surface area (Å²) < 4.78 is 6.29. The third kappa shape index (κ3) is 5.30. The quantitative estimate of drug-likeness (QED) is 0.167. The highest BCUT2D eigenvalue weighted by Crippen LogP contribution is 2.45. The van der Waals surface area contributed by atoms with E-state index in [2.05, 4.69) is 194 Å². The molecule has 0 saturated heterocycles. The molecule has 0 aliphatic carbocycles. The standard InChI is InChI=1S/C53H33NO/c1-3-11-34(12-4-1)36-19-21-37(22-20-36)52-43-17-9-10-18-44(43)53(45-26-23-40(30-48(45)52)35-13-5-2-6-14-35)42-24-27-49(54-33-42)41-25-28-50-46(31-41)47-29-38-15-7-8-16-39(38)32-51(47)55-50/h1-33H. The second-order valence-corrected chi connectivity index (χ2v) is 14.3. The Hall–Kier alpha value is -7.29. The van der Waals surface area contributed by atoms with Crippen LogP contribution < -0.4 is 0 Å². The summed E-state index contributed by atoms with van der Waals surface area (Å²) in [6.45, 7) is 0. The van der Waals surface area contributed by atoms with Crippen molar-refractivity contribution in [2.45, 2.75) is 0 Å². The van der Waals surface area contributed by atoms with Crippen LogP contribution in [0.4, 0.5) is 0 Å². The monoisotopic (exact) mass is 699 g/mol. The average Bonchev–Trinajstić information content (AvgIpc) is 3.62. The molecule has 2 nitrogen and oxygen atoms in total. The summed E-state index contributed by atoms with van der Waals surface area (Å²) in [6.07, 6.45) is 2.04. The maximum atomic E-state index is 6.29. The molecule has 55 heavy (non-hydrogen) atoms. The lowest BCUT2D eigenvalue weighted by Gasteiger charge is -2.19. The van der Waals surface area contributed by atoms with Crippen LogP contribution in [-0.4, -0.2) is 4.98 Å². The average molecular weight is 700 g/mol. The summed E-state index contributed by atoms with van der Waals surface area (Å²) in [4.78, 5) is 5.11. The lowest BCUT2D eigenvalue weighted by Crippen LogP contribution is -1.93. The second kappa shape index (κ2) is 12.7. The molecule has 0 atom stereocenters. The molecule has 0 saturated carbocycles. The highest BCUT2D eigenvalue weighted by Gasteiger charge is 2.19. The lowest BCUT2D eigenvalue weighted by molar-refractivity contribution is 0.669. The van der Waals surface area contributed by atoms with Gasteiger partial charge in [-0.2, -0.15) is 0 Å². The Morgan fingerprint density at radius 3 is 1.51 bits per heavy atom. The van der Waals surface area contributed by atoms with Gasteiger partial charge in [0.25, 0.3) is 0 Å². The largest absolute Gasteiger partial charge is 0.456 e. The number of nitrogens with zero attached hydrogens (tertiary/aromatic N) is 1. The number of pyridine rings is 1. The number of benzene rings is 9. The van der Waals surface area contributed by atoms with E-state index >= 15 is 0 Å². The van der Waals surface area contributed by atoms with E-state index in [0.717, 1.165) is 38.8 Å². The van der Waals surface area contributed by atoms with Crippen molar-refractivity contribution < 1.29 is 4.42 Å². The maximum absolute atomic E-state index is 6.29. The van der Waals surface area contributed by atoms with Crippen molar-refractivity contribution in [3.8, 4) is 55.8 Å². The first kappa shape index (κ1) is 31.3. The van der Waals surface area contributed by atoms with Crippen molar-refractivity contribution in [3.05, 3.63) is 200 Å². The Morgan fingerprint density at radius 2 is 0.800 bits per heavy atom. The molecular formula is C53H33NO. The fourth-order valence-electron chi connectivity index (χ4n) is 8.40. The van der Waals surface area contributed by atoms with E-state index in [1.54, 1.807) is 0 Å². The van der Waals surface area contributed by atoms with E-state index in [1.165, 1.54) is 71.3 Å². The Labute approximate surface area is 318 Å². The summed E-state index contributed by atoms with van der Waals surface area (Å²) in [5.41, 5.74) is 13.3. The molecule has 9 aromatic carbocycles. The van der Waals surface area contributed by atoms with Gasteiger partial charge in [-0.05, 0) is 114 Å². The van der Waals surface area contributed by atoms with Crippen LogP contribution in [-0.2, 0) is 0 Å². The van der Waals surface area contributed by atoms with E-state index < -0.39 is 0 Å². The van der Waals surface area contributed by atoms with Gasteiger partial charge in [-0.1, -0.05) is 152 Å². The lowest BCUT2D eigenvalue weighted by atomic mass is 9.85. The fourth-order valence-corrected chi connectivity index (χ4v) is 8.40. The first-order chi connectivity index (χ1) is 27.2. The number of hydrogen-bond acceptors (Lipinski definition) is 2.